The van der Waals surface area contributed by atoms with Crippen molar-refractivity contribution >= 4 is 5.91 Å². The zero-order chi connectivity index (χ0) is 13.8. The molecule has 0 saturated heterocycles. The summed E-state index contributed by atoms with van der Waals surface area (Å²) in [6, 6.07) is 5.15. The van der Waals surface area contributed by atoms with Crippen LogP contribution in [0.1, 0.15) is 43.0 Å². The lowest BCUT2D eigenvalue weighted by Gasteiger charge is -2.29. The molecule has 2 unspecified atom stereocenters. The zero-order valence-corrected chi connectivity index (χ0v) is 11.5. The number of para-hydroxylation sites is 1. The summed E-state index contributed by atoms with van der Waals surface area (Å²) in [5, 5.41) is 13.0. The average Bonchev–Trinajstić information content (AvgIpc) is 2.41. The lowest BCUT2D eigenvalue weighted by atomic mass is 9.86. The minimum atomic E-state index is -0.227. The lowest BCUT2D eigenvalue weighted by molar-refractivity contribution is 0.0907. The maximum atomic E-state index is 12.2. The third-order valence-corrected chi connectivity index (χ3v) is 3.89. The maximum Gasteiger partial charge on any atom is 0.255 e. The topological polar surface area (TPSA) is 58.6 Å². The Bertz CT molecular complexity index is 459. The van der Waals surface area contributed by atoms with Gasteiger partial charge in [-0.1, -0.05) is 25.8 Å². The molecule has 0 bridgehead atoms. The number of amides is 1. The van der Waals surface area contributed by atoms with Crippen LogP contribution in [0.5, 0.6) is 11.5 Å². The number of aromatic hydroxyl groups is 1. The predicted molar refractivity (Wildman–Crippen MR) is 73.5 cm³/mol. The number of phenolic OH excluding ortho intramolecular Hbond substituents is 1. The molecular formula is C15H21NO3. The van der Waals surface area contributed by atoms with Gasteiger partial charge < -0.3 is 15.2 Å². The first kappa shape index (κ1) is 13.7. The molecule has 1 fully saturated rings. The van der Waals surface area contributed by atoms with Gasteiger partial charge in [-0.05, 0) is 30.9 Å². The number of phenols is 1. The molecule has 1 saturated carbocycles. The Morgan fingerprint density at radius 1 is 1.37 bits per heavy atom. The van der Waals surface area contributed by atoms with E-state index < -0.39 is 0 Å². The van der Waals surface area contributed by atoms with Gasteiger partial charge in [-0.2, -0.15) is 0 Å². The lowest BCUT2D eigenvalue weighted by Crippen LogP contribution is -2.41. The van der Waals surface area contributed by atoms with Gasteiger partial charge in [0.1, 0.15) is 0 Å². The first-order chi connectivity index (χ1) is 9.13. The van der Waals surface area contributed by atoms with Crippen molar-refractivity contribution in [3.05, 3.63) is 23.8 Å². The monoisotopic (exact) mass is 263 g/mol. The third kappa shape index (κ3) is 3.00. The number of hydrogen-bond acceptors (Lipinski definition) is 3. The van der Waals surface area contributed by atoms with Crippen molar-refractivity contribution in [1.29, 1.82) is 0 Å². The first-order valence-corrected chi connectivity index (χ1v) is 6.80. The highest BCUT2D eigenvalue weighted by Crippen LogP contribution is 2.30. The summed E-state index contributed by atoms with van der Waals surface area (Å²) in [6.07, 6.45) is 4.55. The van der Waals surface area contributed by atoms with E-state index in [1.807, 2.05) is 0 Å². The van der Waals surface area contributed by atoms with Gasteiger partial charge in [0, 0.05) is 6.04 Å². The molecule has 1 amide bonds. The molecule has 2 atom stereocenters. The van der Waals surface area contributed by atoms with E-state index in [4.69, 9.17) is 4.74 Å². The zero-order valence-electron chi connectivity index (χ0n) is 11.5. The van der Waals surface area contributed by atoms with Crippen molar-refractivity contribution in [2.24, 2.45) is 5.92 Å². The molecule has 1 aliphatic rings. The molecule has 1 aliphatic carbocycles. The number of ether oxygens (including phenoxy) is 1. The number of rotatable bonds is 3. The fourth-order valence-electron chi connectivity index (χ4n) is 2.65. The summed E-state index contributed by atoms with van der Waals surface area (Å²) in [5.41, 5.74) is 0.275. The minimum Gasteiger partial charge on any atom is -0.504 e. The number of methoxy groups -OCH3 is 1. The second-order valence-electron chi connectivity index (χ2n) is 5.20. The molecule has 0 spiro atoms. The highest BCUT2D eigenvalue weighted by molar-refractivity contribution is 5.97. The Morgan fingerprint density at radius 2 is 2.11 bits per heavy atom. The number of hydrogen-bond donors (Lipinski definition) is 2. The van der Waals surface area contributed by atoms with Crippen molar-refractivity contribution < 1.29 is 14.6 Å². The second-order valence-corrected chi connectivity index (χ2v) is 5.20. The largest absolute Gasteiger partial charge is 0.504 e. The fraction of sp³-hybridized carbons (Fsp3) is 0.533. The van der Waals surface area contributed by atoms with Crippen LogP contribution in [0.25, 0.3) is 0 Å². The van der Waals surface area contributed by atoms with E-state index in [0.717, 1.165) is 19.3 Å². The van der Waals surface area contributed by atoms with E-state index in [-0.39, 0.29) is 23.3 Å². The average molecular weight is 263 g/mol. The highest BCUT2D eigenvalue weighted by atomic mass is 16.5. The Morgan fingerprint density at radius 3 is 2.79 bits per heavy atom. The van der Waals surface area contributed by atoms with Crippen LogP contribution in [0.4, 0.5) is 0 Å². The summed E-state index contributed by atoms with van der Waals surface area (Å²) in [6.45, 7) is 2.16. The quantitative estimate of drug-likeness (QED) is 0.881. The van der Waals surface area contributed by atoms with Crippen LogP contribution in [0.2, 0.25) is 0 Å². The molecular weight excluding hydrogens is 242 g/mol. The van der Waals surface area contributed by atoms with E-state index in [9.17, 15) is 9.90 Å². The van der Waals surface area contributed by atoms with E-state index in [1.165, 1.54) is 13.5 Å². The van der Waals surface area contributed by atoms with E-state index in [1.54, 1.807) is 18.2 Å². The Balaban J connectivity index is 2.11. The van der Waals surface area contributed by atoms with Gasteiger partial charge in [-0.15, -0.1) is 0 Å². The van der Waals surface area contributed by atoms with Gasteiger partial charge in [-0.3, -0.25) is 4.79 Å². The molecule has 0 radical (unpaired) electrons. The first-order valence-electron chi connectivity index (χ1n) is 6.80. The number of benzene rings is 1. The summed E-state index contributed by atoms with van der Waals surface area (Å²) in [4.78, 5) is 12.2. The van der Waals surface area contributed by atoms with E-state index in [2.05, 4.69) is 12.2 Å². The Kier molecular flexibility index (Phi) is 4.30. The molecule has 2 rings (SSSR count). The summed E-state index contributed by atoms with van der Waals surface area (Å²) in [5.74, 6) is 0.496. The van der Waals surface area contributed by atoms with Gasteiger partial charge in [0.15, 0.2) is 11.5 Å². The second kappa shape index (κ2) is 5.95. The molecule has 1 aromatic rings. The number of nitrogens with one attached hydrogen (secondary N) is 1. The van der Waals surface area contributed by atoms with Crippen LogP contribution < -0.4 is 10.1 Å². The molecule has 1 aromatic carbocycles. The number of carbonyl (C=O) groups is 1. The van der Waals surface area contributed by atoms with Crippen LogP contribution in [0.3, 0.4) is 0 Å². The summed E-state index contributed by atoms with van der Waals surface area (Å²) >= 11 is 0. The van der Waals surface area contributed by atoms with Crippen LogP contribution in [0, 0.1) is 5.92 Å². The van der Waals surface area contributed by atoms with Gasteiger partial charge in [-0.25, -0.2) is 0 Å². The smallest absolute Gasteiger partial charge is 0.255 e. The summed E-state index contributed by atoms with van der Waals surface area (Å²) in [7, 11) is 1.47. The number of carbonyl (C=O) groups excluding carboxylic acids is 1. The van der Waals surface area contributed by atoms with Crippen LogP contribution in [-0.2, 0) is 0 Å². The van der Waals surface area contributed by atoms with Gasteiger partial charge in [0.2, 0.25) is 0 Å². The molecule has 2 N–H and O–H groups in total. The van der Waals surface area contributed by atoms with Crippen molar-refractivity contribution in [1.82, 2.24) is 5.32 Å². The van der Waals surface area contributed by atoms with Gasteiger partial charge >= 0.3 is 0 Å². The molecule has 19 heavy (non-hydrogen) atoms. The van der Waals surface area contributed by atoms with Crippen molar-refractivity contribution in [2.75, 3.05) is 7.11 Å². The van der Waals surface area contributed by atoms with Crippen molar-refractivity contribution in [3.8, 4) is 11.5 Å². The van der Waals surface area contributed by atoms with Crippen molar-refractivity contribution in [2.45, 2.75) is 38.6 Å². The molecule has 4 nitrogen and oxygen atoms in total. The van der Waals surface area contributed by atoms with Crippen LogP contribution in [-0.4, -0.2) is 24.2 Å². The van der Waals surface area contributed by atoms with E-state index >= 15 is 0 Å². The molecule has 0 heterocycles. The van der Waals surface area contributed by atoms with Crippen LogP contribution >= 0.6 is 0 Å². The Labute approximate surface area is 113 Å². The minimum absolute atomic E-state index is 0.0917. The van der Waals surface area contributed by atoms with Gasteiger partial charge in [0.05, 0.1) is 12.7 Å². The predicted octanol–water partition coefficient (Wildman–Crippen LogP) is 2.71. The van der Waals surface area contributed by atoms with Crippen molar-refractivity contribution in [3.63, 3.8) is 0 Å². The molecule has 104 valence electrons. The fourth-order valence-corrected chi connectivity index (χ4v) is 2.65. The highest BCUT2D eigenvalue weighted by Gasteiger charge is 2.24. The Hall–Kier alpha value is -1.71. The van der Waals surface area contributed by atoms with Gasteiger partial charge in [0.25, 0.3) is 5.91 Å². The maximum absolute atomic E-state index is 12.2. The van der Waals surface area contributed by atoms with E-state index in [0.29, 0.717) is 11.7 Å². The summed E-state index contributed by atoms with van der Waals surface area (Å²) < 4.78 is 5.02. The molecule has 4 heteroatoms. The SMILES string of the molecule is COc1cccc(C(=O)NC2CCCCC2C)c1O. The molecule has 0 aliphatic heterocycles. The van der Waals surface area contributed by atoms with Crippen LogP contribution in [0.15, 0.2) is 18.2 Å². The molecule has 0 aromatic heterocycles. The third-order valence-electron chi connectivity index (χ3n) is 3.89. The normalized spacial score (nSPS) is 22.8. The standard InChI is InChI=1S/C15H21NO3/c1-10-6-3-4-8-12(10)16-15(18)11-7-5-9-13(19-2)14(11)17/h5,7,9-10,12,17H,3-4,6,8H2,1-2H3,(H,16,18).